The highest BCUT2D eigenvalue weighted by molar-refractivity contribution is 5.67. The average Bonchev–Trinajstić information content (AvgIpc) is 3.13. The lowest BCUT2D eigenvalue weighted by molar-refractivity contribution is 0.106. The van der Waals surface area contributed by atoms with E-state index in [0.717, 1.165) is 19.3 Å². The van der Waals surface area contributed by atoms with Crippen molar-refractivity contribution >= 4 is 6.09 Å². The Labute approximate surface area is 168 Å². The SMILES string of the molecule is CCCCNC(=O)OC1CNC(C(c2ccc(C)cc2)c2ccc(C)cc2)C1. The topological polar surface area (TPSA) is 50.4 Å². The van der Waals surface area contributed by atoms with Crippen molar-refractivity contribution < 1.29 is 9.53 Å². The van der Waals surface area contributed by atoms with Gasteiger partial charge in [0, 0.05) is 31.5 Å². The summed E-state index contributed by atoms with van der Waals surface area (Å²) in [6.07, 6.45) is 2.45. The fraction of sp³-hybridized carbons (Fsp3) is 0.458. The van der Waals surface area contributed by atoms with Crippen molar-refractivity contribution in [3.63, 3.8) is 0 Å². The maximum absolute atomic E-state index is 12.0. The smallest absolute Gasteiger partial charge is 0.407 e. The molecule has 0 saturated carbocycles. The molecule has 2 N–H and O–H groups in total. The molecule has 1 aliphatic heterocycles. The van der Waals surface area contributed by atoms with Gasteiger partial charge < -0.3 is 15.4 Å². The number of ether oxygens (including phenoxy) is 1. The lowest BCUT2D eigenvalue weighted by atomic mass is 9.83. The Hall–Kier alpha value is -2.33. The number of hydrogen-bond donors (Lipinski definition) is 2. The molecule has 2 aromatic rings. The van der Waals surface area contributed by atoms with E-state index in [1.54, 1.807) is 0 Å². The number of aryl methyl sites for hydroxylation is 2. The molecular weight excluding hydrogens is 348 g/mol. The maximum atomic E-state index is 12.0. The summed E-state index contributed by atoms with van der Waals surface area (Å²) in [6.45, 7) is 7.70. The standard InChI is InChI=1S/C24H32N2O2/c1-4-5-14-25-24(27)28-21-15-22(26-16-21)23(19-10-6-17(2)7-11-19)20-12-8-18(3)9-13-20/h6-13,21-23,26H,4-5,14-16H2,1-3H3,(H,25,27). The number of rotatable bonds is 7. The highest BCUT2D eigenvalue weighted by atomic mass is 16.6. The third-order valence-corrected chi connectivity index (χ3v) is 5.47. The molecule has 2 atom stereocenters. The van der Waals surface area contributed by atoms with E-state index < -0.39 is 0 Å². The van der Waals surface area contributed by atoms with Crippen LogP contribution in [0.1, 0.15) is 54.4 Å². The zero-order chi connectivity index (χ0) is 19.9. The van der Waals surface area contributed by atoms with Gasteiger partial charge in [0.25, 0.3) is 0 Å². The van der Waals surface area contributed by atoms with Crippen molar-refractivity contribution in [1.82, 2.24) is 10.6 Å². The van der Waals surface area contributed by atoms with Gasteiger partial charge in [-0.25, -0.2) is 4.79 Å². The van der Waals surface area contributed by atoms with Gasteiger partial charge in [-0.15, -0.1) is 0 Å². The molecule has 0 bridgehead atoms. The van der Waals surface area contributed by atoms with Gasteiger partial charge in [0.1, 0.15) is 6.10 Å². The van der Waals surface area contributed by atoms with Gasteiger partial charge >= 0.3 is 6.09 Å². The molecule has 0 spiro atoms. The molecule has 0 radical (unpaired) electrons. The number of alkyl carbamates (subject to hydrolysis) is 1. The van der Waals surface area contributed by atoms with E-state index in [9.17, 15) is 4.79 Å². The lowest BCUT2D eigenvalue weighted by Crippen LogP contribution is -2.30. The second-order valence-electron chi connectivity index (χ2n) is 7.86. The van der Waals surface area contributed by atoms with Crippen LogP contribution in [0.2, 0.25) is 0 Å². The molecule has 1 saturated heterocycles. The Bertz CT molecular complexity index is 710. The van der Waals surface area contributed by atoms with E-state index in [1.165, 1.54) is 22.3 Å². The first-order valence-corrected chi connectivity index (χ1v) is 10.4. The van der Waals surface area contributed by atoms with Gasteiger partial charge in [0.15, 0.2) is 0 Å². The number of carbonyl (C=O) groups is 1. The Balaban J connectivity index is 1.71. The fourth-order valence-corrected chi connectivity index (χ4v) is 3.84. The van der Waals surface area contributed by atoms with Crippen LogP contribution >= 0.6 is 0 Å². The highest BCUT2D eigenvalue weighted by Gasteiger charge is 2.34. The monoisotopic (exact) mass is 380 g/mol. The predicted octanol–water partition coefficient (Wildman–Crippen LogP) is 4.69. The summed E-state index contributed by atoms with van der Waals surface area (Å²) < 4.78 is 5.64. The molecule has 1 amide bonds. The second-order valence-corrected chi connectivity index (χ2v) is 7.86. The van der Waals surface area contributed by atoms with Crippen LogP contribution in [0.25, 0.3) is 0 Å². The van der Waals surface area contributed by atoms with Crippen LogP contribution in [-0.4, -0.2) is 31.3 Å². The molecule has 28 heavy (non-hydrogen) atoms. The van der Waals surface area contributed by atoms with Crippen molar-refractivity contribution in [2.24, 2.45) is 0 Å². The van der Waals surface area contributed by atoms with Crippen molar-refractivity contribution in [2.45, 2.75) is 58.1 Å². The zero-order valence-corrected chi connectivity index (χ0v) is 17.2. The molecule has 150 valence electrons. The molecule has 4 heteroatoms. The van der Waals surface area contributed by atoms with Crippen LogP contribution in [0, 0.1) is 13.8 Å². The predicted molar refractivity (Wildman–Crippen MR) is 114 cm³/mol. The van der Waals surface area contributed by atoms with Crippen LogP contribution in [0.15, 0.2) is 48.5 Å². The molecule has 1 aliphatic rings. The fourth-order valence-electron chi connectivity index (χ4n) is 3.84. The molecule has 3 rings (SSSR count). The first-order chi connectivity index (χ1) is 13.6. The Kier molecular flexibility index (Phi) is 7.10. The molecule has 4 nitrogen and oxygen atoms in total. The first-order valence-electron chi connectivity index (χ1n) is 10.4. The summed E-state index contributed by atoms with van der Waals surface area (Å²) >= 11 is 0. The van der Waals surface area contributed by atoms with Gasteiger partial charge in [-0.2, -0.15) is 0 Å². The van der Waals surface area contributed by atoms with Crippen LogP contribution < -0.4 is 10.6 Å². The van der Waals surface area contributed by atoms with E-state index in [2.05, 4.69) is 79.9 Å². The van der Waals surface area contributed by atoms with Gasteiger partial charge in [-0.3, -0.25) is 0 Å². The van der Waals surface area contributed by atoms with Crippen LogP contribution in [-0.2, 0) is 4.74 Å². The summed E-state index contributed by atoms with van der Waals surface area (Å²) in [5.74, 6) is 0.234. The number of nitrogens with one attached hydrogen (secondary N) is 2. The number of benzene rings is 2. The average molecular weight is 381 g/mol. The normalized spacial score (nSPS) is 19.0. The zero-order valence-electron chi connectivity index (χ0n) is 17.2. The minimum Gasteiger partial charge on any atom is -0.445 e. The Morgan fingerprint density at radius 3 is 2.18 bits per heavy atom. The van der Waals surface area contributed by atoms with Crippen molar-refractivity contribution in [2.75, 3.05) is 13.1 Å². The minimum atomic E-state index is -0.303. The van der Waals surface area contributed by atoms with Crippen LogP contribution in [0.3, 0.4) is 0 Å². The van der Waals surface area contributed by atoms with Crippen LogP contribution in [0.5, 0.6) is 0 Å². The minimum absolute atomic E-state index is 0.0926. The summed E-state index contributed by atoms with van der Waals surface area (Å²) in [7, 11) is 0. The largest absolute Gasteiger partial charge is 0.445 e. The van der Waals surface area contributed by atoms with Gasteiger partial charge in [0.2, 0.25) is 0 Å². The van der Waals surface area contributed by atoms with Gasteiger partial charge in [0.05, 0.1) is 0 Å². The Morgan fingerprint density at radius 2 is 1.64 bits per heavy atom. The summed E-state index contributed by atoms with van der Waals surface area (Å²) in [5.41, 5.74) is 5.10. The Morgan fingerprint density at radius 1 is 1.07 bits per heavy atom. The van der Waals surface area contributed by atoms with Gasteiger partial charge in [-0.1, -0.05) is 73.0 Å². The third-order valence-electron chi connectivity index (χ3n) is 5.47. The molecule has 0 aliphatic carbocycles. The molecule has 0 aromatic heterocycles. The van der Waals surface area contributed by atoms with E-state index >= 15 is 0 Å². The van der Waals surface area contributed by atoms with E-state index in [-0.39, 0.29) is 24.2 Å². The quantitative estimate of drug-likeness (QED) is 0.685. The number of unbranched alkanes of at least 4 members (excludes halogenated alkanes) is 1. The number of carbonyl (C=O) groups excluding carboxylic acids is 1. The molecule has 2 aromatic carbocycles. The van der Waals surface area contributed by atoms with E-state index in [0.29, 0.717) is 13.1 Å². The van der Waals surface area contributed by atoms with Crippen molar-refractivity contribution in [1.29, 1.82) is 0 Å². The first kappa shape index (κ1) is 20.4. The third kappa shape index (κ3) is 5.35. The number of hydrogen-bond acceptors (Lipinski definition) is 3. The molecule has 1 fully saturated rings. The maximum Gasteiger partial charge on any atom is 0.407 e. The molecule has 1 heterocycles. The molecular formula is C24H32N2O2. The highest BCUT2D eigenvalue weighted by Crippen LogP contribution is 2.33. The van der Waals surface area contributed by atoms with Gasteiger partial charge in [-0.05, 0) is 31.4 Å². The summed E-state index contributed by atoms with van der Waals surface area (Å²) in [6, 6.07) is 17.8. The number of amides is 1. The lowest BCUT2D eigenvalue weighted by Gasteiger charge is -2.25. The van der Waals surface area contributed by atoms with Crippen LogP contribution in [0.4, 0.5) is 4.79 Å². The van der Waals surface area contributed by atoms with Crippen molar-refractivity contribution in [3.05, 3.63) is 70.8 Å². The second kappa shape index (κ2) is 9.74. The van der Waals surface area contributed by atoms with E-state index in [4.69, 9.17) is 4.74 Å². The summed E-state index contributed by atoms with van der Waals surface area (Å²) in [4.78, 5) is 12.0. The summed E-state index contributed by atoms with van der Waals surface area (Å²) in [5, 5.41) is 6.44. The van der Waals surface area contributed by atoms with E-state index in [1.807, 2.05) is 0 Å². The molecule has 2 unspecified atom stereocenters. The van der Waals surface area contributed by atoms with Crippen molar-refractivity contribution in [3.8, 4) is 0 Å².